The summed E-state index contributed by atoms with van der Waals surface area (Å²) in [4.78, 5) is 35.3. The average molecular weight is 511 g/mol. The van der Waals surface area contributed by atoms with Gasteiger partial charge in [0, 0.05) is 45.9 Å². The quantitative estimate of drug-likeness (QED) is 0.639. The first-order valence-electron chi connectivity index (χ1n) is 9.85. The van der Waals surface area contributed by atoms with Gasteiger partial charge in [0.1, 0.15) is 5.75 Å². The Kier molecular flexibility index (Phi) is 6.63. The Bertz CT molecular complexity index is 1220. The number of halogens is 5. The molecule has 0 bridgehead atoms. The Balaban J connectivity index is 1.42. The number of aliphatic imine (C=N–C) groups is 2. The van der Waals surface area contributed by atoms with Gasteiger partial charge in [0.15, 0.2) is 0 Å². The highest BCUT2D eigenvalue weighted by Gasteiger charge is 2.31. The number of rotatable bonds is 3. The van der Waals surface area contributed by atoms with Crippen LogP contribution in [-0.2, 0) is 0 Å². The van der Waals surface area contributed by atoms with E-state index in [4.69, 9.17) is 23.2 Å². The van der Waals surface area contributed by atoms with Crippen LogP contribution in [0.15, 0.2) is 64.2 Å². The largest absolute Gasteiger partial charge is 0.573 e. The molecule has 0 saturated carbocycles. The van der Waals surface area contributed by atoms with Crippen molar-refractivity contribution < 1.29 is 27.5 Å². The second kappa shape index (κ2) is 9.47. The Morgan fingerprint density at radius 2 is 1.71 bits per heavy atom. The van der Waals surface area contributed by atoms with Gasteiger partial charge in [-0.3, -0.25) is 14.9 Å². The summed E-state index contributed by atoms with van der Waals surface area (Å²) in [7, 11) is 0. The molecule has 4 rings (SSSR count). The minimum absolute atomic E-state index is 0.133. The summed E-state index contributed by atoms with van der Waals surface area (Å²) in [6, 6.07) is 9.14. The highest BCUT2D eigenvalue weighted by Crippen LogP contribution is 2.24. The summed E-state index contributed by atoms with van der Waals surface area (Å²) >= 11 is 11.9. The number of hydrogen-bond acceptors (Lipinski definition) is 5. The highest BCUT2D eigenvalue weighted by molar-refractivity contribution is 6.35. The van der Waals surface area contributed by atoms with Crippen LogP contribution in [0.25, 0.3) is 0 Å². The van der Waals surface area contributed by atoms with Crippen LogP contribution in [0.5, 0.6) is 5.75 Å². The minimum Gasteiger partial charge on any atom is -0.406 e. The fourth-order valence-electron chi connectivity index (χ4n) is 3.35. The zero-order valence-electron chi connectivity index (χ0n) is 17.2. The van der Waals surface area contributed by atoms with E-state index in [1.165, 1.54) is 35.2 Å². The van der Waals surface area contributed by atoms with Crippen LogP contribution in [0.2, 0.25) is 10.0 Å². The first-order chi connectivity index (χ1) is 16.1. The summed E-state index contributed by atoms with van der Waals surface area (Å²) in [6.07, 6.45) is -2.80. The standard InChI is InChI=1S/C22H15Cl2F3N4O3/c23-15-7-13(8-16(24)9-15)19(32)30-21-28-10-14-11-31(6-5-18(14)29-21)20(33)12-1-3-17(4-2-12)34-22(25,26)27/h1-4,7-9,11H,5-6,10H2,(H,28,30,32). The predicted octanol–water partition coefficient (Wildman–Crippen LogP) is 4.86. The monoisotopic (exact) mass is 510 g/mol. The van der Waals surface area contributed by atoms with Crippen molar-refractivity contribution >= 4 is 46.7 Å². The van der Waals surface area contributed by atoms with Gasteiger partial charge in [0.2, 0.25) is 5.96 Å². The molecule has 34 heavy (non-hydrogen) atoms. The van der Waals surface area contributed by atoms with Crippen molar-refractivity contribution in [3.8, 4) is 5.75 Å². The molecule has 2 aliphatic heterocycles. The molecule has 7 nitrogen and oxygen atoms in total. The van der Waals surface area contributed by atoms with E-state index in [2.05, 4.69) is 20.0 Å². The smallest absolute Gasteiger partial charge is 0.406 e. The molecule has 0 aromatic heterocycles. The van der Waals surface area contributed by atoms with Crippen LogP contribution >= 0.6 is 23.2 Å². The number of nitrogens with one attached hydrogen (secondary N) is 1. The zero-order valence-corrected chi connectivity index (χ0v) is 18.7. The number of benzene rings is 2. The third-order valence-corrected chi connectivity index (χ3v) is 5.29. The normalized spacial score (nSPS) is 15.6. The van der Waals surface area contributed by atoms with E-state index in [1.54, 1.807) is 6.20 Å². The van der Waals surface area contributed by atoms with E-state index in [0.717, 1.165) is 12.1 Å². The fourth-order valence-corrected chi connectivity index (χ4v) is 3.87. The number of hydrogen-bond donors (Lipinski definition) is 1. The number of ether oxygens (including phenoxy) is 1. The maximum atomic E-state index is 12.8. The average Bonchev–Trinajstić information content (AvgIpc) is 2.77. The molecule has 0 fully saturated rings. The minimum atomic E-state index is -4.81. The van der Waals surface area contributed by atoms with Crippen molar-refractivity contribution in [3.05, 3.63) is 75.4 Å². The van der Waals surface area contributed by atoms with E-state index in [-0.39, 0.29) is 29.5 Å². The van der Waals surface area contributed by atoms with Crippen molar-refractivity contribution in [2.24, 2.45) is 9.98 Å². The lowest BCUT2D eigenvalue weighted by Gasteiger charge is -2.27. The third kappa shape index (κ3) is 5.75. The van der Waals surface area contributed by atoms with E-state index in [9.17, 15) is 22.8 Å². The van der Waals surface area contributed by atoms with E-state index >= 15 is 0 Å². The fraction of sp³-hybridized carbons (Fsp3) is 0.182. The van der Waals surface area contributed by atoms with Crippen molar-refractivity contribution in [1.29, 1.82) is 0 Å². The molecule has 0 unspecified atom stereocenters. The molecular weight excluding hydrogens is 496 g/mol. The number of fused-ring (bicyclic) bond motifs is 1. The highest BCUT2D eigenvalue weighted by atomic mass is 35.5. The van der Waals surface area contributed by atoms with Gasteiger partial charge in [0.05, 0.1) is 12.3 Å². The molecule has 2 aromatic rings. The molecular formula is C22H15Cl2F3N4O3. The van der Waals surface area contributed by atoms with Gasteiger partial charge in [0.25, 0.3) is 11.8 Å². The van der Waals surface area contributed by atoms with Crippen molar-refractivity contribution in [2.75, 3.05) is 13.1 Å². The van der Waals surface area contributed by atoms with Gasteiger partial charge >= 0.3 is 6.36 Å². The maximum absolute atomic E-state index is 12.8. The molecule has 0 radical (unpaired) electrons. The van der Waals surface area contributed by atoms with E-state index < -0.39 is 18.0 Å². The lowest BCUT2D eigenvalue weighted by molar-refractivity contribution is -0.274. The summed E-state index contributed by atoms with van der Waals surface area (Å²) in [5.41, 5.74) is 1.83. The lowest BCUT2D eigenvalue weighted by atomic mass is 10.0. The van der Waals surface area contributed by atoms with Crippen molar-refractivity contribution in [1.82, 2.24) is 10.2 Å². The second-order valence-electron chi connectivity index (χ2n) is 7.29. The number of nitrogens with zero attached hydrogens (tertiary/aromatic N) is 3. The first-order valence-corrected chi connectivity index (χ1v) is 10.6. The number of amides is 2. The molecule has 1 N–H and O–H groups in total. The van der Waals surface area contributed by atoms with Gasteiger partial charge in [-0.15, -0.1) is 13.2 Å². The molecule has 2 aromatic carbocycles. The molecule has 0 spiro atoms. The molecule has 0 saturated heterocycles. The summed E-state index contributed by atoms with van der Waals surface area (Å²) in [6.45, 7) is 0.486. The van der Waals surface area contributed by atoms with Crippen molar-refractivity contribution in [3.63, 3.8) is 0 Å². The van der Waals surface area contributed by atoms with Crippen LogP contribution in [-0.4, -0.2) is 47.8 Å². The Morgan fingerprint density at radius 3 is 2.35 bits per heavy atom. The lowest BCUT2D eigenvalue weighted by Crippen LogP contribution is -2.37. The molecule has 176 valence electrons. The molecule has 2 aliphatic rings. The van der Waals surface area contributed by atoms with Crippen LogP contribution in [0.1, 0.15) is 27.1 Å². The van der Waals surface area contributed by atoms with Gasteiger partial charge in [-0.1, -0.05) is 23.2 Å². The first kappa shape index (κ1) is 23.8. The summed E-state index contributed by atoms with van der Waals surface area (Å²) in [5.74, 6) is -1.13. The molecule has 2 heterocycles. The number of carbonyl (C=O) groups is 2. The van der Waals surface area contributed by atoms with Crippen LogP contribution < -0.4 is 10.1 Å². The third-order valence-electron chi connectivity index (χ3n) is 4.86. The number of alkyl halides is 3. The summed E-state index contributed by atoms with van der Waals surface area (Å²) in [5, 5.41) is 3.25. The second-order valence-corrected chi connectivity index (χ2v) is 8.16. The Labute approximate surface area is 201 Å². The van der Waals surface area contributed by atoms with Crippen LogP contribution in [0.3, 0.4) is 0 Å². The molecule has 0 aliphatic carbocycles. The molecule has 2 amide bonds. The number of carbonyl (C=O) groups excluding carboxylic acids is 2. The van der Waals surface area contributed by atoms with Gasteiger partial charge in [-0.25, -0.2) is 9.98 Å². The van der Waals surface area contributed by atoms with E-state index in [0.29, 0.717) is 34.3 Å². The van der Waals surface area contributed by atoms with Gasteiger partial charge < -0.3 is 9.64 Å². The van der Waals surface area contributed by atoms with Crippen LogP contribution in [0.4, 0.5) is 13.2 Å². The van der Waals surface area contributed by atoms with Gasteiger partial charge in [-0.05, 0) is 42.5 Å². The van der Waals surface area contributed by atoms with Crippen molar-refractivity contribution in [2.45, 2.75) is 12.8 Å². The zero-order chi connectivity index (χ0) is 24.5. The maximum Gasteiger partial charge on any atom is 0.573 e. The van der Waals surface area contributed by atoms with Gasteiger partial charge in [-0.2, -0.15) is 0 Å². The Hall–Kier alpha value is -3.37. The SMILES string of the molecule is O=C(NC1=NCC2=CN(C(=O)c3ccc(OC(F)(F)F)cc3)CCC2=N1)c1cc(Cl)cc(Cl)c1. The predicted molar refractivity (Wildman–Crippen MR) is 121 cm³/mol. The molecule has 0 atom stereocenters. The van der Waals surface area contributed by atoms with Crippen LogP contribution in [0, 0.1) is 0 Å². The molecule has 12 heteroatoms. The Morgan fingerprint density at radius 1 is 1.03 bits per heavy atom. The number of guanidine groups is 1. The topological polar surface area (TPSA) is 83.4 Å². The van der Waals surface area contributed by atoms with E-state index in [1.807, 2.05) is 0 Å². The summed E-state index contributed by atoms with van der Waals surface area (Å²) < 4.78 is 40.7.